The van der Waals surface area contributed by atoms with Crippen molar-refractivity contribution in [2.75, 3.05) is 13.4 Å². The standard InChI is InChI=1S/C14H15NO4.C6H14.C2H6.H3N/c1-2-7-18-10-19-13-5-3-11(4-6-13)8-12(9-15)14(16)17;1-3-5-6-4-2;1-2;/h3-6,8H,2,7,10H2,1H3,(H,16,17);3-6H2,1-2H3;1-2H3;1H3/b12-8+;;;. The average molecular weight is 395 g/mol. The van der Waals surface area contributed by atoms with Gasteiger partial charge in [-0.25, -0.2) is 4.79 Å². The Morgan fingerprint density at radius 1 is 1.07 bits per heavy atom. The molecule has 4 N–H and O–H groups in total. The van der Waals surface area contributed by atoms with Gasteiger partial charge in [-0.15, -0.1) is 0 Å². The molecule has 0 unspecified atom stereocenters. The normalized spacial score (nSPS) is 9.50. The van der Waals surface area contributed by atoms with Gasteiger partial charge in [-0.1, -0.05) is 72.4 Å². The van der Waals surface area contributed by atoms with Crippen LogP contribution in [0.15, 0.2) is 29.8 Å². The van der Waals surface area contributed by atoms with Crippen molar-refractivity contribution in [2.24, 2.45) is 0 Å². The fourth-order valence-corrected chi connectivity index (χ4v) is 1.78. The van der Waals surface area contributed by atoms with E-state index in [9.17, 15) is 4.79 Å². The highest BCUT2D eigenvalue weighted by atomic mass is 16.7. The lowest BCUT2D eigenvalue weighted by atomic mass is 10.1. The molecule has 0 radical (unpaired) electrons. The van der Waals surface area contributed by atoms with Gasteiger partial charge in [0, 0.05) is 0 Å². The lowest BCUT2D eigenvalue weighted by Crippen LogP contribution is -2.03. The monoisotopic (exact) mass is 394 g/mol. The number of carboxylic acid groups (broad SMARTS) is 1. The summed E-state index contributed by atoms with van der Waals surface area (Å²) in [7, 11) is 0. The number of nitrogens with zero attached hydrogens (tertiary/aromatic N) is 1. The second-order valence-electron chi connectivity index (χ2n) is 5.42. The number of hydrogen-bond acceptors (Lipinski definition) is 5. The maximum absolute atomic E-state index is 10.7. The smallest absolute Gasteiger partial charge is 0.346 e. The zero-order valence-corrected chi connectivity index (χ0v) is 18.2. The maximum atomic E-state index is 10.7. The van der Waals surface area contributed by atoms with Crippen molar-refractivity contribution >= 4 is 12.0 Å². The van der Waals surface area contributed by atoms with E-state index < -0.39 is 5.97 Å². The second kappa shape index (κ2) is 22.7. The summed E-state index contributed by atoms with van der Waals surface area (Å²) < 4.78 is 10.5. The van der Waals surface area contributed by atoms with E-state index in [1.54, 1.807) is 30.3 Å². The van der Waals surface area contributed by atoms with Gasteiger partial charge >= 0.3 is 5.97 Å². The van der Waals surface area contributed by atoms with Crippen molar-refractivity contribution in [1.29, 1.82) is 5.26 Å². The fourth-order valence-electron chi connectivity index (χ4n) is 1.78. The molecular formula is C22H38N2O4. The molecule has 1 aromatic carbocycles. The molecule has 0 fully saturated rings. The molecule has 0 aliphatic rings. The van der Waals surface area contributed by atoms with Crippen LogP contribution in [0.3, 0.4) is 0 Å². The maximum Gasteiger partial charge on any atom is 0.346 e. The van der Waals surface area contributed by atoms with E-state index in [0.717, 1.165) is 6.42 Å². The van der Waals surface area contributed by atoms with E-state index in [1.165, 1.54) is 31.8 Å². The van der Waals surface area contributed by atoms with Gasteiger partial charge in [0.2, 0.25) is 0 Å². The highest BCUT2D eigenvalue weighted by molar-refractivity contribution is 5.96. The van der Waals surface area contributed by atoms with Gasteiger partial charge in [-0.05, 0) is 30.2 Å². The topological polar surface area (TPSA) is 115 Å². The number of carboxylic acids is 1. The molecular weight excluding hydrogens is 356 g/mol. The Kier molecular flexibility index (Phi) is 24.6. The van der Waals surface area contributed by atoms with Crippen molar-refractivity contribution < 1.29 is 19.4 Å². The third-order valence-corrected chi connectivity index (χ3v) is 3.16. The molecule has 0 saturated heterocycles. The first-order valence-electron chi connectivity index (χ1n) is 9.74. The first-order chi connectivity index (χ1) is 13.1. The van der Waals surface area contributed by atoms with Gasteiger partial charge < -0.3 is 20.7 Å². The summed E-state index contributed by atoms with van der Waals surface area (Å²) in [6.45, 7) is 11.3. The molecule has 0 aliphatic carbocycles. The quantitative estimate of drug-likeness (QED) is 0.211. The lowest BCUT2D eigenvalue weighted by molar-refractivity contribution is -0.132. The number of benzene rings is 1. The Labute approximate surface area is 170 Å². The summed E-state index contributed by atoms with van der Waals surface area (Å²) in [5.41, 5.74) is 0.320. The SMILES string of the molecule is CC.CCCCCC.CCCOCOc1ccc(/C=C(\C#N)C(=O)O)cc1.N. The van der Waals surface area contributed by atoms with Gasteiger partial charge in [0.25, 0.3) is 0 Å². The van der Waals surface area contributed by atoms with E-state index in [2.05, 4.69) is 13.8 Å². The van der Waals surface area contributed by atoms with E-state index in [1.807, 2.05) is 20.8 Å². The van der Waals surface area contributed by atoms with Gasteiger partial charge in [0.1, 0.15) is 17.4 Å². The predicted octanol–water partition coefficient (Wildman–Crippen LogP) is 6.22. The summed E-state index contributed by atoms with van der Waals surface area (Å²) in [4.78, 5) is 10.7. The van der Waals surface area contributed by atoms with Gasteiger partial charge in [0.15, 0.2) is 6.79 Å². The van der Waals surface area contributed by atoms with Crippen LogP contribution in [-0.4, -0.2) is 24.5 Å². The molecule has 0 spiro atoms. The van der Waals surface area contributed by atoms with Crippen molar-refractivity contribution in [1.82, 2.24) is 6.15 Å². The van der Waals surface area contributed by atoms with Crippen molar-refractivity contribution in [2.45, 2.75) is 66.7 Å². The highest BCUT2D eigenvalue weighted by Crippen LogP contribution is 2.14. The molecule has 28 heavy (non-hydrogen) atoms. The molecule has 0 bridgehead atoms. The number of rotatable bonds is 10. The number of aliphatic carboxylic acids is 1. The molecule has 0 aromatic heterocycles. The molecule has 6 nitrogen and oxygen atoms in total. The molecule has 6 heteroatoms. The first kappa shape index (κ1) is 30.4. The third kappa shape index (κ3) is 17.1. The number of hydrogen-bond donors (Lipinski definition) is 2. The van der Waals surface area contributed by atoms with Crippen LogP contribution in [0.1, 0.15) is 72.3 Å². The molecule has 1 rings (SSSR count). The van der Waals surface area contributed by atoms with Crippen molar-refractivity contribution in [3.63, 3.8) is 0 Å². The zero-order chi connectivity index (χ0) is 20.9. The van der Waals surface area contributed by atoms with E-state index >= 15 is 0 Å². The summed E-state index contributed by atoms with van der Waals surface area (Å²) in [5, 5.41) is 17.4. The molecule has 0 atom stereocenters. The summed E-state index contributed by atoms with van der Waals surface area (Å²) >= 11 is 0. The minimum Gasteiger partial charge on any atom is -0.477 e. The Hall–Kier alpha value is -2.36. The highest BCUT2D eigenvalue weighted by Gasteiger charge is 2.05. The average Bonchev–Trinajstić information content (AvgIpc) is 2.70. The number of nitriles is 1. The predicted molar refractivity (Wildman–Crippen MR) is 116 cm³/mol. The number of ether oxygens (including phenoxy) is 2. The van der Waals surface area contributed by atoms with Crippen LogP contribution < -0.4 is 10.9 Å². The molecule has 0 heterocycles. The summed E-state index contributed by atoms with van der Waals surface area (Å²) in [6, 6.07) is 8.36. The Balaban J connectivity index is -0.000000594. The zero-order valence-electron chi connectivity index (χ0n) is 18.2. The molecule has 0 amide bonds. The fraction of sp³-hybridized carbons (Fsp3) is 0.545. The van der Waals surface area contributed by atoms with Crippen LogP contribution in [0.25, 0.3) is 6.08 Å². The summed E-state index contributed by atoms with van der Waals surface area (Å²) in [6.07, 6.45) is 7.77. The minimum atomic E-state index is -1.24. The van der Waals surface area contributed by atoms with Crippen LogP contribution in [0.2, 0.25) is 0 Å². The van der Waals surface area contributed by atoms with Gasteiger partial charge in [-0.3, -0.25) is 0 Å². The molecule has 160 valence electrons. The molecule has 1 aromatic rings. The van der Waals surface area contributed by atoms with Gasteiger partial charge in [-0.2, -0.15) is 5.26 Å². The Bertz CT molecular complexity index is 545. The second-order valence-corrected chi connectivity index (χ2v) is 5.42. The van der Waals surface area contributed by atoms with E-state index in [-0.39, 0.29) is 18.5 Å². The van der Waals surface area contributed by atoms with Crippen molar-refractivity contribution in [3.8, 4) is 11.8 Å². The Morgan fingerprint density at radius 2 is 1.61 bits per heavy atom. The number of unbranched alkanes of at least 4 members (excludes halogenated alkanes) is 3. The van der Waals surface area contributed by atoms with Crippen LogP contribution in [0.5, 0.6) is 5.75 Å². The lowest BCUT2D eigenvalue weighted by Gasteiger charge is -2.06. The molecule has 0 saturated carbocycles. The van der Waals surface area contributed by atoms with Crippen LogP contribution >= 0.6 is 0 Å². The summed E-state index contributed by atoms with van der Waals surface area (Å²) in [5.74, 6) is -0.613. The van der Waals surface area contributed by atoms with Crippen LogP contribution in [0, 0.1) is 11.3 Å². The van der Waals surface area contributed by atoms with Gasteiger partial charge in [0.05, 0.1) is 6.61 Å². The number of carbonyl (C=O) groups is 1. The van der Waals surface area contributed by atoms with Crippen molar-refractivity contribution in [3.05, 3.63) is 35.4 Å². The van der Waals surface area contributed by atoms with Crippen LogP contribution in [0.4, 0.5) is 0 Å². The van der Waals surface area contributed by atoms with Crippen LogP contribution in [-0.2, 0) is 9.53 Å². The van der Waals surface area contributed by atoms with E-state index in [4.69, 9.17) is 19.8 Å². The minimum absolute atomic E-state index is 0. The largest absolute Gasteiger partial charge is 0.477 e. The third-order valence-electron chi connectivity index (χ3n) is 3.16. The first-order valence-corrected chi connectivity index (χ1v) is 9.74. The molecule has 0 aliphatic heterocycles. The Morgan fingerprint density at radius 3 is 2.00 bits per heavy atom. The van der Waals surface area contributed by atoms with E-state index in [0.29, 0.717) is 17.9 Å².